The Morgan fingerprint density at radius 2 is 1.68 bits per heavy atom. The minimum Gasteiger partial charge on any atom is -0.484 e. The highest BCUT2D eigenvalue weighted by Crippen LogP contribution is 2.60. The number of hydrogen-bond acceptors (Lipinski definition) is 5. The predicted octanol–water partition coefficient (Wildman–Crippen LogP) is 3.20. The Balaban J connectivity index is 1.14. The topological polar surface area (TPSA) is 89.6 Å². The zero-order chi connectivity index (χ0) is 22.1. The average Bonchev–Trinajstić information content (AvgIpc) is 2.66. The molecule has 1 aromatic carbocycles. The van der Waals surface area contributed by atoms with E-state index in [-0.39, 0.29) is 36.1 Å². The smallest absolute Gasteiger partial charge is 0.258 e. The molecular weight excluding hydrogens is 441 g/mol. The van der Waals surface area contributed by atoms with Crippen LogP contribution in [0, 0.1) is 6.92 Å². The van der Waals surface area contributed by atoms with Gasteiger partial charge in [0.05, 0.1) is 22.3 Å². The lowest BCUT2D eigenvalue weighted by Crippen LogP contribution is -2.84. The number of ether oxygens (including phenoxy) is 2. The van der Waals surface area contributed by atoms with Crippen LogP contribution < -0.4 is 15.4 Å². The number of aromatic nitrogens is 1. The Hall–Kier alpha value is -2.35. The maximum Gasteiger partial charge on any atom is 0.258 e. The van der Waals surface area contributed by atoms with E-state index in [2.05, 4.69) is 15.6 Å². The Morgan fingerprint density at radius 1 is 1.00 bits per heavy atom. The van der Waals surface area contributed by atoms with E-state index in [1.54, 1.807) is 18.2 Å². The van der Waals surface area contributed by atoms with Gasteiger partial charge in [-0.2, -0.15) is 0 Å². The second-order valence-electron chi connectivity index (χ2n) is 8.32. The van der Waals surface area contributed by atoms with Crippen LogP contribution in [0.25, 0.3) is 0 Å². The molecule has 0 radical (unpaired) electrons. The van der Waals surface area contributed by atoms with Gasteiger partial charge >= 0.3 is 0 Å². The summed E-state index contributed by atoms with van der Waals surface area (Å²) >= 11 is 11.8. The van der Waals surface area contributed by atoms with Gasteiger partial charge in [0.25, 0.3) is 5.91 Å². The molecule has 3 aliphatic carbocycles. The number of amides is 2. The summed E-state index contributed by atoms with van der Waals surface area (Å²) < 4.78 is 10.9. The summed E-state index contributed by atoms with van der Waals surface area (Å²) in [7, 11) is 0. The van der Waals surface area contributed by atoms with E-state index in [0.717, 1.165) is 11.4 Å². The van der Waals surface area contributed by atoms with Gasteiger partial charge < -0.3 is 20.1 Å². The Kier molecular flexibility index (Phi) is 6.10. The average molecular weight is 464 g/mol. The number of hydrogen-bond donors (Lipinski definition) is 2. The van der Waals surface area contributed by atoms with Gasteiger partial charge in [0.2, 0.25) is 5.91 Å². The van der Waals surface area contributed by atoms with E-state index in [0.29, 0.717) is 41.7 Å². The molecule has 2 N–H and O–H groups in total. The molecule has 5 rings (SSSR count). The minimum absolute atomic E-state index is 0.0196. The zero-order valence-electron chi connectivity index (χ0n) is 17.0. The van der Waals surface area contributed by atoms with Crippen molar-refractivity contribution in [1.29, 1.82) is 0 Å². The van der Waals surface area contributed by atoms with Crippen LogP contribution in [0.1, 0.15) is 30.7 Å². The third-order valence-corrected chi connectivity index (χ3v) is 6.27. The summed E-state index contributed by atoms with van der Waals surface area (Å²) in [4.78, 5) is 28.7. The van der Waals surface area contributed by atoms with Gasteiger partial charge in [-0.1, -0.05) is 29.3 Å². The Bertz CT molecular complexity index is 994. The molecule has 2 aromatic rings. The summed E-state index contributed by atoms with van der Waals surface area (Å²) in [5.41, 5.74) is 1.22. The Morgan fingerprint density at radius 3 is 2.32 bits per heavy atom. The van der Waals surface area contributed by atoms with E-state index in [4.69, 9.17) is 32.7 Å². The molecule has 0 spiro atoms. The molecule has 164 valence electrons. The summed E-state index contributed by atoms with van der Waals surface area (Å²) in [5, 5.41) is 6.84. The number of pyridine rings is 1. The molecule has 1 aromatic heterocycles. The fourth-order valence-corrected chi connectivity index (χ4v) is 4.65. The van der Waals surface area contributed by atoms with Crippen molar-refractivity contribution < 1.29 is 19.1 Å². The second kappa shape index (κ2) is 8.65. The molecule has 0 unspecified atom stereocenters. The molecule has 2 amide bonds. The monoisotopic (exact) mass is 463 g/mol. The first kappa shape index (κ1) is 21.9. The second-order valence-corrected chi connectivity index (χ2v) is 9.13. The lowest BCUT2D eigenvalue weighted by atomic mass is 9.44. The molecule has 0 atom stereocenters. The third-order valence-electron chi connectivity index (χ3n) is 5.53. The van der Waals surface area contributed by atoms with E-state index < -0.39 is 0 Å². The minimum atomic E-state index is -0.252. The zero-order valence-corrected chi connectivity index (χ0v) is 18.6. The molecule has 9 heteroatoms. The van der Waals surface area contributed by atoms with Gasteiger partial charge in [-0.3, -0.25) is 14.6 Å². The third kappa shape index (κ3) is 5.11. The summed E-state index contributed by atoms with van der Waals surface area (Å²) in [6, 6.07) is 10.5. The number of rotatable bonds is 9. The number of nitrogens with one attached hydrogen (secondary N) is 2. The van der Waals surface area contributed by atoms with E-state index in [1.165, 1.54) is 0 Å². The fourth-order valence-electron chi connectivity index (χ4n) is 4.36. The standard InChI is InChI=1S/C22H23Cl2N3O4/c1-14-3-2-4-15(25-14)8-30-9-19(28)26-21-11-22(12-21,13-21)27-20(29)10-31-16-5-6-17(23)18(24)7-16/h2-7H,8-13H2,1H3,(H,26,28)(H,27,29). The van der Waals surface area contributed by atoms with Gasteiger partial charge in [-0.15, -0.1) is 0 Å². The normalized spacial score (nSPS) is 23.3. The summed E-state index contributed by atoms with van der Waals surface area (Å²) in [5.74, 6) is 0.113. The van der Waals surface area contributed by atoms with Crippen molar-refractivity contribution in [3.8, 4) is 5.75 Å². The van der Waals surface area contributed by atoms with Crippen molar-refractivity contribution in [2.75, 3.05) is 13.2 Å². The van der Waals surface area contributed by atoms with Crippen molar-refractivity contribution in [3.63, 3.8) is 0 Å². The predicted molar refractivity (Wildman–Crippen MR) is 116 cm³/mol. The number of carbonyl (C=O) groups excluding carboxylic acids is 2. The maximum absolute atomic E-state index is 12.2. The molecular formula is C22H23Cl2N3O4. The van der Waals surface area contributed by atoms with Crippen LogP contribution in [0.3, 0.4) is 0 Å². The molecule has 7 nitrogen and oxygen atoms in total. The largest absolute Gasteiger partial charge is 0.484 e. The van der Waals surface area contributed by atoms with Gasteiger partial charge in [-0.25, -0.2) is 0 Å². The van der Waals surface area contributed by atoms with Crippen LogP contribution in [0.4, 0.5) is 0 Å². The van der Waals surface area contributed by atoms with Gasteiger partial charge in [-0.05, 0) is 50.5 Å². The fraction of sp³-hybridized carbons (Fsp3) is 0.409. The highest BCUT2D eigenvalue weighted by Gasteiger charge is 2.69. The van der Waals surface area contributed by atoms with E-state index in [1.807, 2.05) is 25.1 Å². The molecule has 31 heavy (non-hydrogen) atoms. The van der Waals surface area contributed by atoms with Crippen LogP contribution >= 0.6 is 23.2 Å². The number of nitrogens with zero attached hydrogens (tertiary/aromatic N) is 1. The number of benzene rings is 1. The van der Waals surface area contributed by atoms with Crippen molar-refractivity contribution in [2.24, 2.45) is 0 Å². The van der Waals surface area contributed by atoms with Crippen LogP contribution in [-0.4, -0.2) is 41.1 Å². The summed E-state index contributed by atoms with van der Waals surface area (Å²) in [6.07, 6.45) is 2.14. The quantitative estimate of drug-likeness (QED) is 0.595. The lowest BCUT2D eigenvalue weighted by Gasteiger charge is -2.70. The van der Waals surface area contributed by atoms with E-state index >= 15 is 0 Å². The van der Waals surface area contributed by atoms with Gasteiger partial charge in [0.1, 0.15) is 12.4 Å². The van der Waals surface area contributed by atoms with Crippen molar-refractivity contribution in [3.05, 3.63) is 57.8 Å². The SMILES string of the molecule is Cc1cccc(COCC(=O)NC23CC(NC(=O)COc4ccc(Cl)c(Cl)c4)(C2)C3)n1. The first-order chi connectivity index (χ1) is 14.8. The molecule has 2 bridgehead atoms. The maximum atomic E-state index is 12.2. The molecule has 3 fully saturated rings. The summed E-state index contributed by atoms with van der Waals surface area (Å²) in [6.45, 7) is 2.07. The molecule has 0 aliphatic heterocycles. The van der Waals surface area contributed by atoms with Crippen LogP contribution in [0.15, 0.2) is 36.4 Å². The van der Waals surface area contributed by atoms with Crippen LogP contribution in [0.5, 0.6) is 5.75 Å². The van der Waals surface area contributed by atoms with E-state index in [9.17, 15) is 9.59 Å². The molecule has 3 saturated carbocycles. The van der Waals surface area contributed by atoms with Crippen LogP contribution in [-0.2, 0) is 20.9 Å². The first-order valence-electron chi connectivity index (χ1n) is 9.97. The highest BCUT2D eigenvalue weighted by molar-refractivity contribution is 6.42. The number of carbonyl (C=O) groups is 2. The number of aryl methyl sites for hydroxylation is 1. The van der Waals surface area contributed by atoms with Crippen molar-refractivity contribution >= 4 is 35.0 Å². The highest BCUT2D eigenvalue weighted by atomic mass is 35.5. The molecule has 1 heterocycles. The van der Waals surface area contributed by atoms with Crippen LogP contribution in [0.2, 0.25) is 10.0 Å². The lowest BCUT2D eigenvalue weighted by molar-refractivity contribution is -0.152. The molecule has 0 saturated heterocycles. The number of halogens is 2. The first-order valence-corrected chi connectivity index (χ1v) is 10.7. The Labute approximate surface area is 190 Å². The molecule has 3 aliphatic rings. The van der Waals surface area contributed by atoms with Gasteiger partial charge in [0.15, 0.2) is 6.61 Å². The van der Waals surface area contributed by atoms with Crippen molar-refractivity contribution in [2.45, 2.75) is 43.9 Å². The van der Waals surface area contributed by atoms with Gasteiger partial charge in [0, 0.05) is 22.8 Å². The van der Waals surface area contributed by atoms with Crippen molar-refractivity contribution in [1.82, 2.24) is 15.6 Å².